The normalized spacial score (nSPS) is 14.0. The average Bonchev–Trinajstić information content (AvgIpc) is 2.72. The largest absolute Gasteiger partial charge is 0.495 e. The van der Waals surface area contributed by atoms with Crippen LogP contribution in [0, 0.1) is 6.92 Å². The van der Waals surface area contributed by atoms with Crippen LogP contribution in [0.4, 0.5) is 5.69 Å². The number of hydrogen-bond acceptors (Lipinski definition) is 4. The Morgan fingerprint density at radius 2 is 1.67 bits per heavy atom. The minimum absolute atomic E-state index is 0.0152. The van der Waals surface area contributed by atoms with Gasteiger partial charge in [0.2, 0.25) is 5.91 Å². The Kier molecular flexibility index (Phi) is 5.96. The van der Waals surface area contributed by atoms with Crippen molar-refractivity contribution in [2.75, 3.05) is 44.7 Å². The van der Waals surface area contributed by atoms with Crippen LogP contribution in [-0.2, 0) is 4.79 Å². The predicted molar refractivity (Wildman–Crippen MR) is 105 cm³/mol. The van der Waals surface area contributed by atoms with Crippen LogP contribution >= 0.6 is 0 Å². The number of hydrogen-bond donors (Lipinski definition) is 1. The molecule has 6 nitrogen and oxygen atoms in total. The molecule has 0 saturated carbocycles. The number of nitrogens with zero attached hydrogens (tertiary/aromatic N) is 2. The topological polar surface area (TPSA) is 61.9 Å². The molecule has 0 unspecified atom stereocenters. The lowest BCUT2D eigenvalue weighted by Crippen LogP contribution is -2.51. The van der Waals surface area contributed by atoms with E-state index in [2.05, 4.69) is 10.2 Å². The van der Waals surface area contributed by atoms with Gasteiger partial charge in [-0.15, -0.1) is 0 Å². The highest BCUT2D eigenvalue weighted by Crippen LogP contribution is 2.28. The highest BCUT2D eigenvalue weighted by atomic mass is 16.5. The Labute approximate surface area is 159 Å². The molecule has 1 N–H and O–H groups in total. The summed E-state index contributed by atoms with van der Waals surface area (Å²) in [5.41, 5.74) is 2.70. The summed E-state index contributed by atoms with van der Waals surface area (Å²) < 4.78 is 5.42. The quantitative estimate of drug-likeness (QED) is 0.879. The highest BCUT2D eigenvalue weighted by molar-refractivity contribution is 5.96. The third-order valence-corrected chi connectivity index (χ3v) is 4.77. The first-order valence-corrected chi connectivity index (χ1v) is 9.09. The molecule has 2 amide bonds. The molecule has 6 heteroatoms. The number of nitrogens with one attached hydrogen (secondary N) is 1. The number of ether oxygens (including phenoxy) is 1. The van der Waals surface area contributed by atoms with E-state index in [1.165, 1.54) is 0 Å². The molecule has 0 radical (unpaired) electrons. The fourth-order valence-electron chi connectivity index (χ4n) is 3.16. The van der Waals surface area contributed by atoms with Crippen LogP contribution in [0.2, 0.25) is 0 Å². The number of para-hydroxylation sites is 2. The van der Waals surface area contributed by atoms with Gasteiger partial charge in [-0.1, -0.05) is 29.8 Å². The molecule has 0 aliphatic carbocycles. The van der Waals surface area contributed by atoms with E-state index in [0.717, 1.165) is 30.1 Å². The van der Waals surface area contributed by atoms with Crippen LogP contribution in [0.1, 0.15) is 15.9 Å². The van der Waals surface area contributed by atoms with Crippen molar-refractivity contribution >= 4 is 17.5 Å². The van der Waals surface area contributed by atoms with Gasteiger partial charge in [0.25, 0.3) is 5.91 Å². The average molecular weight is 367 g/mol. The molecule has 1 aliphatic rings. The van der Waals surface area contributed by atoms with Crippen molar-refractivity contribution in [2.24, 2.45) is 0 Å². The number of anilines is 1. The van der Waals surface area contributed by atoms with E-state index >= 15 is 0 Å². The molecule has 0 aromatic heterocycles. The van der Waals surface area contributed by atoms with Gasteiger partial charge in [0.1, 0.15) is 5.75 Å². The van der Waals surface area contributed by atoms with Gasteiger partial charge in [-0.3, -0.25) is 9.59 Å². The summed E-state index contributed by atoms with van der Waals surface area (Å²) in [5.74, 6) is 0.550. The van der Waals surface area contributed by atoms with Gasteiger partial charge in [-0.25, -0.2) is 0 Å². The summed E-state index contributed by atoms with van der Waals surface area (Å²) in [7, 11) is 1.66. The van der Waals surface area contributed by atoms with Gasteiger partial charge in [-0.05, 0) is 31.2 Å². The van der Waals surface area contributed by atoms with Gasteiger partial charge in [0, 0.05) is 31.7 Å². The summed E-state index contributed by atoms with van der Waals surface area (Å²) in [5, 5.41) is 2.71. The van der Waals surface area contributed by atoms with E-state index in [0.29, 0.717) is 18.7 Å². The Bertz CT molecular complexity index is 797. The van der Waals surface area contributed by atoms with E-state index in [9.17, 15) is 9.59 Å². The second kappa shape index (κ2) is 8.58. The Morgan fingerprint density at radius 1 is 1.00 bits per heavy atom. The summed E-state index contributed by atoms with van der Waals surface area (Å²) in [6.45, 7) is 4.70. The number of aryl methyl sites for hydroxylation is 1. The molecule has 2 aromatic carbocycles. The van der Waals surface area contributed by atoms with E-state index < -0.39 is 0 Å². The maximum atomic E-state index is 12.4. The fraction of sp³-hybridized carbons (Fsp3) is 0.333. The molecule has 1 aliphatic heterocycles. The van der Waals surface area contributed by atoms with E-state index in [1.54, 1.807) is 24.1 Å². The standard InChI is InChI=1S/C21H25N3O3/c1-16-7-9-17(10-8-16)21(26)22-15-20(25)24-13-11-23(12-14-24)18-5-3-4-6-19(18)27-2/h3-10H,11-15H2,1-2H3,(H,22,26). The van der Waals surface area contributed by atoms with Crippen molar-refractivity contribution in [2.45, 2.75) is 6.92 Å². The number of amides is 2. The number of methoxy groups -OCH3 is 1. The minimum atomic E-state index is -0.226. The number of piperazine rings is 1. The first-order valence-electron chi connectivity index (χ1n) is 9.09. The Morgan fingerprint density at radius 3 is 2.33 bits per heavy atom. The molecule has 3 rings (SSSR count). The molecular formula is C21H25N3O3. The van der Waals surface area contributed by atoms with Gasteiger partial charge in [0.05, 0.1) is 19.3 Å². The molecule has 0 bridgehead atoms. The molecule has 2 aromatic rings. The molecular weight excluding hydrogens is 342 g/mol. The van der Waals surface area contributed by atoms with Crippen molar-refractivity contribution in [3.05, 3.63) is 59.7 Å². The molecule has 27 heavy (non-hydrogen) atoms. The molecule has 142 valence electrons. The zero-order valence-electron chi connectivity index (χ0n) is 15.8. The van der Waals surface area contributed by atoms with Crippen molar-refractivity contribution < 1.29 is 14.3 Å². The first-order chi connectivity index (χ1) is 13.1. The second-order valence-corrected chi connectivity index (χ2v) is 6.59. The molecule has 0 atom stereocenters. The summed E-state index contributed by atoms with van der Waals surface area (Å²) >= 11 is 0. The Balaban J connectivity index is 1.50. The predicted octanol–water partition coefficient (Wildman–Crippen LogP) is 2.08. The van der Waals surface area contributed by atoms with Gasteiger partial charge >= 0.3 is 0 Å². The zero-order valence-corrected chi connectivity index (χ0v) is 15.8. The first kappa shape index (κ1) is 18.8. The third-order valence-electron chi connectivity index (χ3n) is 4.77. The number of rotatable bonds is 5. The van der Waals surface area contributed by atoms with E-state index in [4.69, 9.17) is 4.74 Å². The fourth-order valence-corrected chi connectivity index (χ4v) is 3.16. The SMILES string of the molecule is COc1ccccc1N1CCN(C(=O)CNC(=O)c2ccc(C)cc2)CC1. The molecule has 0 spiro atoms. The number of benzene rings is 2. The van der Waals surface area contributed by atoms with Crippen LogP contribution in [0.15, 0.2) is 48.5 Å². The van der Waals surface area contributed by atoms with Crippen LogP contribution in [0.25, 0.3) is 0 Å². The smallest absolute Gasteiger partial charge is 0.251 e. The van der Waals surface area contributed by atoms with Crippen molar-refractivity contribution in [1.82, 2.24) is 10.2 Å². The molecule has 1 saturated heterocycles. The Hall–Kier alpha value is -3.02. The minimum Gasteiger partial charge on any atom is -0.495 e. The van der Waals surface area contributed by atoms with E-state index in [-0.39, 0.29) is 18.4 Å². The van der Waals surface area contributed by atoms with Crippen LogP contribution in [0.3, 0.4) is 0 Å². The second-order valence-electron chi connectivity index (χ2n) is 6.59. The number of carbonyl (C=O) groups excluding carboxylic acids is 2. The lowest BCUT2D eigenvalue weighted by Gasteiger charge is -2.36. The van der Waals surface area contributed by atoms with Gasteiger partial charge in [0.15, 0.2) is 0 Å². The lowest BCUT2D eigenvalue weighted by molar-refractivity contribution is -0.130. The van der Waals surface area contributed by atoms with Crippen LogP contribution < -0.4 is 15.0 Å². The van der Waals surface area contributed by atoms with Crippen LogP contribution in [-0.4, -0.2) is 56.5 Å². The highest BCUT2D eigenvalue weighted by Gasteiger charge is 2.23. The summed E-state index contributed by atoms with van der Waals surface area (Å²) in [6.07, 6.45) is 0. The lowest BCUT2D eigenvalue weighted by atomic mass is 10.1. The maximum Gasteiger partial charge on any atom is 0.251 e. The van der Waals surface area contributed by atoms with Crippen molar-refractivity contribution in [1.29, 1.82) is 0 Å². The van der Waals surface area contributed by atoms with Crippen molar-refractivity contribution in [3.63, 3.8) is 0 Å². The summed E-state index contributed by atoms with van der Waals surface area (Å²) in [4.78, 5) is 28.6. The van der Waals surface area contributed by atoms with Crippen molar-refractivity contribution in [3.8, 4) is 5.75 Å². The van der Waals surface area contributed by atoms with Gasteiger partial charge in [-0.2, -0.15) is 0 Å². The monoisotopic (exact) mass is 367 g/mol. The van der Waals surface area contributed by atoms with Crippen LogP contribution in [0.5, 0.6) is 5.75 Å². The third kappa shape index (κ3) is 4.58. The number of carbonyl (C=O) groups is 2. The maximum absolute atomic E-state index is 12.4. The van der Waals surface area contributed by atoms with E-state index in [1.807, 2.05) is 43.3 Å². The summed E-state index contributed by atoms with van der Waals surface area (Å²) in [6, 6.07) is 15.2. The van der Waals surface area contributed by atoms with Gasteiger partial charge < -0.3 is 19.9 Å². The zero-order chi connectivity index (χ0) is 19.2. The molecule has 1 heterocycles. The molecule has 1 fully saturated rings.